The maximum absolute atomic E-state index is 12.0. The van der Waals surface area contributed by atoms with E-state index in [1.165, 1.54) is 12.8 Å². The van der Waals surface area contributed by atoms with E-state index in [4.69, 9.17) is 4.74 Å². The smallest absolute Gasteiger partial charge is 0.137 e. The Morgan fingerprint density at radius 1 is 1.39 bits per heavy atom. The van der Waals surface area contributed by atoms with Crippen LogP contribution in [0.5, 0.6) is 5.75 Å². The van der Waals surface area contributed by atoms with Crippen molar-refractivity contribution in [1.29, 1.82) is 0 Å². The molecule has 1 aromatic heterocycles. The van der Waals surface area contributed by atoms with Gasteiger partial charge in [-0.25, -0.2) is 0 Å². The summed E-state index contributed by atoms with van der Waals surface area (Å²) in [4.78, 5) is 4.17. The lowest BCUT2D eigenvalue weighted by Crippen LogP contribution is -2.28. The highest BCUT2D eigenvalue weighted by molar-refractivity contribution is 5.23. The summed E-state index contributed by atoms with van der Waals surface area (Å²) in [6.07, 6.45) is 8.35. The molecule has 1 saturated heterocycles. The van der Waals surface area contributed by atoms with E-state index in [1.807, 2.05) is 12.3 Å². The van der Waals surface area contributed by atoms with E-state index in [1.54, 1.807) is 6.20 Å². The Labute approximate surface area is 108 Å². The van der Waals surface area contributed by atoms with Crippen LogP contribution in [-0.2, 0) is 6.42 Å². The number of nitrogens with one attached hydrogen (secondary N) is 1. The van der Waals surface area contributed by atoms with Gasteiger partial charge in [-0.05, 0) is 50.3 Å². The van der Waals surface area contributed by atoms with Crippen LogP contribution in [0.4, 0.5) is 4.39 Å². The average molecular weight is 252 g/mol. The van der Waals surface area contributed by atoms with Gasteiger partial charge in [0, 0.05) is 12.2 Å². The molecule has 2 rings (SSSR count). The molecular weight excluding hydrogens is 231 g/mol. The summed E-state index contributed by atoms with van der Waals surface area (Å²) < 4.78 is 17.8. The van der Waals surface area contributed by atoms with Gasteiger partial charge in [0.05, 0.1) is 12.9 Å². The lowest BCUT2D eigenvalue weighted by Gasteiger charge is -2.12. The molecule has 18 heavy (non-hydrogen) atoms. The number of ether oxygens (including phenoxy) is 1. The number of aryl methyl sites for hydroxylation is 1. The Hall–Kier alpha value is -1.16. The van der Waals surface area contributed by atoms with Gasteiger partial charge in [0.15, 0.2) is 0 Å². The zero-order valence-corrected chi connectivity index (χ0v) is 10.7. The molecule has 0 aliphatic carbocycles. The number of rotatable bonds is 7. The van der Waals surface area contributed by atoms with Crippen molar-refractivity contribution in [2.45, 2.75) is 38.1 Å². The minimum atomic E-state index is -0.239. The van der Waals surface area contributed by atoms with Crippen LogP contribution in [-0.4, -0.2) is 30.9 Å². The maximum Gasteiger partial charge on any atom is 0.137 e. The second kappa shape index (κ2) is 7.31. The molecule has 1 aromatic rings. The van der Waals surface area contributed by atoms with Crippen molar-refractivity contribution in [3.05, 3.63) is 24.0 Å². The molecule has 1 fully saturated rings. The first kappa shape index (κ1) is 13.3. The van der Waals surface area contributed by atoms with Crippen molar-refractivity contribution < 1.29 is 9.13 Å². The van der Waals surface area contributed by atoms with Crippen molar-refractivity contribution in [2.75, 3.05) is 19.8 Å². The second-order valence-corrected chi connectivity index (χ2v) is 4.78. The summed E-state index contributed by atoms with van der Waals surface area (Å²) in [5, 5.41) is 3.40. The Morgan fingerprint density at radius 2 is 2.33 bits per heavy atom. The van der Waals surface area contributed by atoms with Crippen LogP contribution in [0, 0.1) is 0 Å². The van der Waals surface area contributed by atoms with E-state index in [0.717, 1.165) is 30.7 Å². The van der Waals surface area contributed by atoms with Gasteiger partial charge in [-0.2, -0.15) is 0 Å². The van der Waals surface area contributed by atoms with Crippen LogP contribution in [0.3, 0.4) is 0 Å². The summed E-state index contributed by atoms with van der Waals surface area (Å²) in [5.41, 5.74) is 1.13. The quantitative estimate of drug-likeness (QED) is 0.757. The first-order chi connectivity index (χ1) is 8.88. The predicted octanol–water partition coefficient (Wildman–Crippen LogP) is 2.50. The topological polar surface area (TPSA) is 34.1 Å². The number of unbranched alkanes of at least 4 members (excludes halogenated alkanes) is 1. The molecule has 4 heteroatoms. The number of aromatic nitrogens is 1. The third-order valence-electron chi connectivity index (χ3n) is 3.23. The summed E-state index contributed by atoms with van der Waals surface area (Å²) in [7, 11) is 0. The second-order valence-electron chi connectivity index (χ2n) is 4.78. The maximum atomic E-state index is 12.0. The van der Waals surface area contributed by atoms with Gasteiger partial charge in [-0.3, -0.25) is 9.37 Å². The van der Waals surface area contributed by atoms with Gasteiger partial charge >= 0.3 is 0 Å². The molecule has 0 spiro atoms. The monoisotopic (exact) mass is 252 g/mol. The predicted molar refractivity (Wildman–Crippen MR) is 69.7 cm³/mol. The first-order valence-corrected chi connectivity index (χ1v) is 6.74. The highest BCUT2D eigenvalue weighted by Crippen LogP contribution is 2.15. The van der Waals surface area contributed by atoms with Crippen molar-refractivity contribution >= 4 is 0 Å². The van der Waals surface area contributed by atoms with Crippen molar-refractivity contribution in [3.63, 3.8) is 0 Å². The molecule has 3 nitrogen and oxygen atoms in total. The number of pyridine rings is 1. The van der Waals surface area contributed by atoms with E-state index in [9.17, 15) is 4.39 Å². The molecule has 0 saturated carbocycles. The van der Waals surface area contributed by atoms with Crippen LogP contribution in [0.2, 0.25) is 0 Å². The molecule has 100 valence electrons. The third-order valence-corrected chi connectivity index (χ3v) is 3.23. The Bertz CT molecular complexity index is 353. The number of hydrogen-bond donors (Lipinski definition) is 1. The van der Waals surface area contributed by atoms with Crippen LogP contribution in [0.25, 0.3) is 0 Å². The normalized spacial score (nSPS) is 19.1. The molecule has 0 bridgehead atoms. The fourth-order valence-corrected chi connectivity index (χ4v) is 2.20. The summed E-state index contributed by atoms with van der Waals surface area (Å²) in [5.74, 6) is 0.821. The third kappa shape index (κ3) is 4.26. The minimum absolute atomic E-state index is 0.239. The molecule has 1 atom stereocenters. The van der Waals surface area contributed by atoms with Gasteiger partial charge < -0.3 is 10.1 Å². The van der Waals surface area contributed by atoms with E-state index >= 15 is 0 Å². The number of halogens is 1. The summed E-state index contributed by atoms with van der Waals surface area (Å²) in [6, 6.07) is 2.49. The van der Waals surface area contributed by atoms with E-state index in [2.05, 4.69) is 10.3 Å². The molecule has 0 unspecified atom stereocenters. The van der Waals surface area contributed by atoms with E-state index in [-0.39, 0.29) is 6.67 Å². The highest BCUT2D eigenvalue weighted by atomic mass is 19.1. The van der Waals surface area contributed by atoms with Gasteiger partial charge in [0.1, 0.15) is 12.4 Å². The molecule has 2 heterocycles. The molecule has 1 aliphatic heterocycles. The van der Waals surface area contributed by atoms with Crippen molar-refractivity contribution in [1.82, 2.24) is 10.3 Å². The zero-order chi connectivity index (χ0) is 12.6. The fourth-order valence-electron chi connectivity index (χ4n) is 2.20. The highest BCUT2D eigenvalue weighted by Gasteiger charge is 2.14. The lowest BCUT2D eigenvalue weighted by molar-refractivity contribution is 0.276. The SMILES string of the molecule is FCCCCc1cncc(OC[C@@H]2CCCN2)c1. The van der Waals surface area contributed by atoms with Gasteiger partial charge in [0.25, 0.3) is 0 Å². The molecule has 1 N–H and O–H groups in total. The van der Waals surface area contributed by atoms with E-state index < -0.39 is 0 Å². The fraction of sp³-hybridized carbons (Fsp3) is 0.643. The summed E-state index contributed by atoms with van der Waals surface area (Å²) in [6.45, 7) is 1.56. The van der Waals surface area contributed by atoms with Crippen molar-refractivity contribution in [3.8, 4) is 5.75 Å². The molecule has 0 radical (unpaired) electrons. The first-order valence-electron chi connectivity index (χ1n) is 6.74. The molecule has 0 aromatic carbocycles. The Kier molecular flexibility index (Phi) is 5.39. The van der Waals surface area contributed by atoms with Crippen LogP contribution < -0.4 is 10.1 Å². The molecular formula is C14H21FN2O. The van der Waals surface area contributed by atoms with Gasteiger partial charge in [-0.1, -0.05) is 0 Å². The average Bonchev–Trinajstić information content (AvgIpc) is 2.90. The summed E-state index contributed by atoms with van der Waals surface area (Å²) >= 11 is 0. The van der Waals surface area contributed by atoms with Gasteiger partial charge in [0.2, 0.25) is 0 Å². The Balaban J connectivity index is 1.78. The largest absolute Gasteiger partial charge is 0.490 e. The van der Waals surface area contributed by atoms with E-state index in [0.29, 0.717) is 19.1 Å². The number of hydrogen-bond acceptors (Lipinski definition) is 3. The standard InChI is InChI=1S/C14H21FN2O/c15-6-2-1-4-12-8-14(10-16-9-12)18-11-13-5-3-7-17-13/h8-10,13,17H,1-7,11H2/t13-/m0/s1. The van der Waals surface area contributed by atoms with Crippen molar-refractivity contribution in [2.24, 2.45) is 0 Å². The number of alkyl halides is 1. The lowest BCUT2D eigenvalue weighted by atomic mass is 10.1. The molecule has 0 amide bonds. The van der Waals surface area contributed by atoms with Crippen LogP contribution >= 0.6 is 0 Å². The number of nitrogens with zero attached hydrogens (tertiary/aromatic N) is 1. The minimum Gasteiger partial charge on any atom is -0.490 e. The zero-order valence-electron chi connectivity index (χ0n) is 10.7. The van der Waals surface area contributed by atoms with Crippen LogP contribution in [0.15, 0.2) is 18.5 Å². The van der Waals surface area contributed by atoms with Gasteiger partial charge in [-0.15, -0.1) is 0 Å². The Morgan fingerprint density at radius 3 is 3.11 bits per heavy atom. The molecule has 1 aliphatic rings. The van der Waals surface area contributed by atoms with Crippen LogP contribution in [0.1, 0.15) is 31.2 Å².